The van der Waals surface area contributed by atoms with Gasteiger partial charge in [-0.05, 0) is 180 Å². The summed E-state index contributed by atoms with van der Waals surface area (Å²) in [5, 5.41) is 0. The number of hydrogen-bond acceptors (Lipinski definition) is 6. The maximum absolute atomic E-state index is 5.29. The van der Waals surface area contributed by atoms with Crippen molar-refractivity contribution in [3.63, 3.8) is 0 Å². The van der Waals surface area contributed by atoms with Crippen molar-refractivity contribution in [1.29, 1.82) is 0 Å². The molecule has 0 bridgehead atoms. The molecule has 5 heterocycles. The molecule has 0 saturated heterocycles. The quantitative estimate of drug-likeness (QED) is 0.0797. The fourth-order valence-electron chi connectivity index (χ4n) is 18.3. The molecule has 2 saturated carbocycles. The van der Waals surface area contributed by atoms with Crippen LogP contribution in [0.1, 0.15) is 107 Å². The molecule has 17 aromatic rings. The second-order valence-corrected chi connectivity index (χ2v) is 36.4. The van der Waals surface area contributed by atoms with Gasteiger partial charge in [0.15, 0.2) is 0 Å². The number of hydrogen-bond donors (Lipinski definition) is 0. The van der Waals surface area contributed by atoms with Crippen LogP contribution in [-0.4, -0.2) is 29.9 Å². The number of pyridine rings is 4. The summed E-state index contributed by atoms with van der Waals surface area (Å²) in [5.74, 6) is 1.73. The Morgan fingerprint density at radius 2 is 0.500 bits per heavy atom. The van der Waals surface area contributed by atoms with Crippen molar-refractivity contribution < 1.29 is 40.2 Å². The molecular formula is C108H72Br6Ir2N6. The van der Waals surface area contributed by atoms with E-state index < -0.39 is 0 Å². The van der Waals surface area contributed by atoms with Crippen LogP contribution in [0, 0.1) is 36.4 Å². The molecule has 5 aromatic heterocycles. The summed E-state index contributed by atoms with van der Waals surface area (Å²) in [5.41, 5.74) is 31.2. The van der Waals surface area contributed by atoms with Gasteiger partial charge in [0.25, 0.3) is 0 Å². The van der Waals surface area contributed by atoms with Gasteiger partial charge < -0.3 is 24.9 Å². The molecule has 0 aliphatic heterocycles. The molecule has 2 fully saturated rings. The molecule has 0 spiro atoms. The zero-order valence-corrected chi connectivity index (χ0v) is 79.8. The summed E-state index contributed by atoms with van der Waals surface area (Å²) >= 11 is 22.9. The molecule has 4 atom stereocenters. The molecule has 0 amide bonds. The van der Waals surface area contributed by atoms with Gasteiger partial charge in [-0.25, -0.2) is 0 Å². The molecule has 2 aliphatic carbocycles. The minimum absolute atomic E-state index is 0. The van der Waals surface area contributed by atoms with E-state index in [-0.39, 0.29) is 75.7 Å². The maximum atomic E-state index is 5.29. The fourth-order valence-corrected chi connectivity index (χ4v) is 20.8. The third kappa shape index (κ3) is 18.4. The summed E-state index contributed by atoms with van der Waals surface area (Å²) in [6, 6.07) is 127. The predicted molar refractivity (Wildman–Crippen MR) is 508 cm³/mol. The summed E-state index contributed by atoms with van der Waals surface area (Å²) in [4.78, 5) is 30.4. The second-order valence-electron chi connectivity index (χ2n) is 31.0. The Bertz CT molecular complexity index is 5970. The van der Waals surface area contributed by atoms with Crippen LogP contribution < -0.4 is 0 Å². The Hall–Kier alpha value is -9.50. The Morgan fingerprint density at radius 1 is 0.238 bits per heavy atom. The third-order valence-corrected chi connectivity index (χ3v) is 27.1. The predicted octanol–water partition coefficient (Wildman–Crippen LogP) is 31.1. The number of rotatable bonds is 18. The number of aromatic nitrogens is 6. The largest absolute Gasteiger partial charge is 3.00 e. The minimum Gasteiger partial charge on any atom is -0.327 e. The average Bonchev–Trinajstić information content (AvgIpc) is 0.767. The molecule has 6 nitrogen and oxygen atoms in total. The van der Waals surface area contributed by atoms with E-state index in [1.165, 1.54) is 66.8 Å². The maximum Gasteiger partial charge on any atom is 3.00 e. The molecule has 0 radical (unpaired) electrons. The Morgan fingerprint density at radius 3 is 0.779 bits per heavy atom. The molecule has 4 unspecified atom stereocenters. The van der Waals surface area contributed by atoms with Gasteiger partial charge in [-0.15, -0.1) is 167 Å². The van der Waals surface area contributed by atoms with Crippen molar-refractivity contribution in [3.05, 3.63) is 425 Å². The van der Waals surface area contributed by atoms with Crippen molar-refractivity contribution in [2.45, 2.75) is 74.0 Å². The van der Waals surface area contributed by atoms with E-state index in [4.69, 9.17) is 29.9 Å². The first-order valence-corrected chi connectivity index (χ1v) is 45.0. The monoisotopic (exact) mass is 2310 g/mol. The molecule has 594 valence electrons. The zero-order chi connectivity index (χ0) is 81.2. The van der Waals surface area contributed by atoms with E-state index in [0.29, 0.717) is 5.82 Å². The van der Waals surface area contributed by atoms with Gasteiger partial charge in [0.1, 0.15) is 0 Å². The van der Waals surface area contributed by atoms with E-state index in [0.717, 1.165) is 161 Å². The van der Waals surface area contributed by atoms with Crippen molar-refractivity contribution in [1.82, 2.24) is 29.9 Å². The molecule has 12 aromatic carbocycles. The van der Waals surface area contributed by atoms with E-state index in [2.05, 4.69) is 375 Å². The first kappa shape index (κ1) is 84.7. The van der Waals surface area contributed by atoms with Gasteiger partial charge >= 0.3 is 40.2 Å². The molecule has 2 aliphatic rings. The van der Waals surface area contributed by atoms with E-state index >= 15 is 0 Å². The Balaban J connectivity index is 0.00000529. The SMILES string of the molecule is Brc1cc[c-]c(-c2ccc(-c3ccccc3C3CC(c4ccccc4-c4ccc(-c5[c-]ccc(Br)c5)nc4)CC(c4ccccc4-c4c[c-]c(-c5ccnc(-c6[c-]cc(-c7ccccc7C7CC(c8ccccc8-c8ccc(-c9[c-]ccc(Br)c9)nc8)CC(c8ccccc8-c8ccc(-c9[c-]ccc(Br)c9)nc8)C7)c(Br)c6)n5)cc4Br)C3)cn2)c1.[Ir+3].[Ir+3]. The van der Waals surface area contributed by atoms with Crippen molar-refractivity contribution in [3.8, 4) is 134 Å². The van der Waals surface area contributed by atoms with Crippen LogP contribution in [0.3, 0.4) is 0 Å². The summed E-state index contributed by atoms with van der Waals surface area (Å²) in [6.45, 7) is 0. The van der Waals surface area contributed by atoms with Crippen molar-refractivity contribution in [2.75, 3.05) is 0 Å². The second kappa shape index (κ2) is 38.3. The Labute approximate surface area is 790 Å². The van der Waals surface area contributed by atoms with Crippen LogP contribution in [0.5, 0.6) is 0 Å². The fraction of sp³-hybridized carbons (Fsp3) is 0.111. The minimum atomic E-state index is 0. The normalized spacial score (nSPS) is 16.3. The Kier molecular flexibility index (Phi) is 26.6. The summed E-state index contributed by atoms with van der Waals surface area (Å²) in [6.07, 6.45) is 15.7. The van der Waals surface area contributed by atoms with Gasteiger partial charge in [0, 0.05) is 31.0 Å². The van der Waals surface area contributed by atoms with Crippen LogP contribution in [0.15, 0.2) is 355 Å². The molecule has 0 N–H and O–H groups in total. The first-order valence-electron chi connectivity index (χ1n) is 40.3. The van der Waals surface area contributed by atoms with Crippen LogP contribution in [0.4, 0.5) is 0 Å². The van der Waals surface area contributed by atoms with Gasteiger partial charge in [-0.1, -0.05) is 345 Å². The summed E-state index contributed by atoms with van der Waals surface area (Å²) in [7, 11) is 0. The first-order chi connectivity index (χ1) is 58.9. The van der Waals surface area contributed by atoms with Crippen molar-refractivity contribution in [2.24, 2.45) is 0 Å². The van der Waals surface area contributed by atoms with Gasteiger partial charge in [0.2, 0.25) is 0 Å². The zero-order valence-electron chi connectivity index (χ0n) is 65.5. The third-order valence-electron chi connectivity index (χ3n) is 23.8. The van der Waals surface area contributed by atoms with E-state index in [1.807, 2.05) is 85.6 Å². The topological polar surface area (TPSA) is 77.3 Å². The van der Waals surface area contributed by atoms with Crippen molar-refractivity contribution >= 4 is 95.6 Å². The molecular weight excluding hydrogens is 2250 g/mol. The van der Waals surface area contributed by atoms with Gasteiger partial charge in [-0.3, -0.25) is 4.98 Å². The number of nitrogens with zero attached hydrogens (tertiary/aromatic N) is 6. The van der Waals surface area contributed by atoms with Crippen LogP contribution >= 0.6 is 95.6 Å². The number of halogens is 6. The van der Waals surface area contributed by atoms with Gasteiger partial charge in [0.05, 0.1) is 5.82 Å². The van der Waals surface area contributed by atoms with Crippen LogP contribution in [0.2, 0.25) is 0 Å². The summed E-state index contributed by atoms with van der Waals surface area (Å²) < 4.78 is 5.87. The molecule has 14 heteroatoms. The molecule has 19 rings (SSSR count). The number of benzene rings is 12. The van der Waals surface area contributed by atoms with E-state index in [9.17, 15) is 0 Å². The van der Waals surface area contributed by atoms with Crippen LogP contribution in [0.25, 0.3) is 134 Å². The molecule has 122 heavy (non-hydrogen) atoms. The van der Waals surface area contributed by atoms with E-state index in [1.54, 1.807) is 0 Å². The van der Waals surface area contributed by atoms with Gasteiger partial charge in [-0.2, -0.15) is 0 Å². The van der Waals surface area contributed by atoms with Crippen LogP contribution in [-0.2, 0) is 40.2 Å². The smallest absolute Gasteiger partial charge is 0.327 e. The average molecular weight is 2320 g/mol. The standard InChI is InChI=1S/C108H72Br6N6.2Ir/c109-83-21-13-17-67(57-83)103-45-39-73(63-116-103)87-25-1-5-29-91(87)77-51-78(92-30-6-2-26-88(92)74-40-46-104(117-64-74)68-18-14-22-84(110)58-68)54-81(53-77)95-33-9-11-35-97(95)99-43-37-71(61-101(99)113)107-49-50-115-108(120-107)72-38-44-100(102(114)62-72)98-36-12-10-34-96(98)82-55-79(93-31-7-3-27-89(93)75-41-47-105(118-65-75)69-19-15-23-85(111)59-69)52-80(56-82)94-32-8-4-28-90(94)76-42-48-106(119-66-76)70-20-16-24-86(112)60-70;;/h1-16,21-36,39-50,57-66,77-82H,51-56H2;;/q-6;2*+3.